The van der Waals surface area contributed by atoms with E-state index in [1.54, 1.807) is 89.0 Å². The number of carbonyl (C=O) groups excluding carboxylic acids is 4. The Morgan fingerprint density at radius 2 is 1.55 bits per heavy atom. The average molecular weight is 921 g/mol. The molecule has 2 aromatic carbocycles. The molecular weight excluding hydrogens is 862 g/mol. The summed E-state index contributed by atoms with van der Waals surface area (Å²) < 4.78 is 40.8. The number of amides is 4. The highest BCUT2D eigenvalue weighted by atomic mass is 35.5. The van der Waals surface area contributed by atoms with Gasteiger partial charge in [-0.2, -0.15) is 10.1 Å². The lowest BCUT2D eigenvalue weighted by Gasteiger charge is -2.33. The molecule has 17 nitrogen and oxygen atoms in total. The predicted molar refractivity (Wildman–Crippen MR) is 242 cm³/mol. The maximum absolute atomic E-state index is 14.0. The molecule has 64 heavy (non-hydrogen) atoms. The fraction of sp³-hybridized carbons (Fsp3) is 0.489. The highest BCUT2D eigenvalue weighted by Crippen LogP contribution is 2.30. The van der Waals surface area contributed by atoms with Gasteiger partial charge in [0, 0.05) is 67.2 Å². The second-order valence-electron chi connectivity index (χ2n) is 18.4. The van der Waals surface area contributed by atoms with Crippen LogP contribution in [0.4, 0.5) is 15.3 Å². The van der Waals surface area contributed by atoms with Crippen LogP contribution in [0.25, 0.3) is 22.5 Å². The molecule has 0 unspecified atom stereocenters. The van der Waals surface area contributed by atoms with Gasteiger partial charge in [0.05, 0.1) is 0 Å². The number of alkyl carbamates (subject to hydrolysis) is 1. The van der Waals surface area contributed by atoms with E-state index in [1.165, 1.54) is 6.20 Å². The van der Waals surface area contributed by atoms with Gasteiger partial charge in [-0.3, -0.25) is 14.6 Å². The van der Waals surface area contributed by atoms with Gasteiger partial charge in [0.25, 0.3) is 0 Å². The number of carbonyl (C=O) groups is 4. The summed E-state index contributed by atoms with van der Waals surface area (Å²) in [7, 11) is -3.97. The first-order chi connectivity index (χ1) is 30.2. The molecule has 0 bridgehead atoms. The molecule has 344 valence electrons. The van der Waals surface area contributed by atoms with E-state index in [0.717, 1.165) is 18.4 Å². The van der Waals surface area contributed by atoms with Gasteiger partial charge in [0.2, 0.25) is 27.1 Å². The zero-order valence-electron chi connectivity index (χ0n) is 37.1. The van der Waals surface area contributed by atoms with Gasteiger partial charge >= 0.3 is 12.2 Å². The van der Waals surface area contributed by atoms with Crippen molar-refractivity contribution >= 4 is 51.3 Å². The largest absolute Gasteiger partial charge is 0.444 e. The number of aromatic amines is 1. The van der Waals surface area contributed by atoms with Crippen molar-refractivity contribution in [3.8, 4) is 22.5 Å². The summed E-state index contributed by atoms with van der Waals surface area (Å²) in [4.78, 5) is 62.6. The number of anilines is 1. The van der Waals surface area contributed by atoms with Crippen LogP contribution in [0.1, 0.15) is 85.6 Å². The molecule has 1 atom stereocenters. The summed E-state index contributed by atoms with van der Waals surface area (Å²) in [6.07, 6.45) is 5.58. The van der Waals surface area contributed by atoms with Gasteiger partial charge in [0.15, 0.2) is 5.82 Å². The van der Waals surface area contributed by atoms with E-state index >= 15 is 0 Å². The number of sulfonamides is 1. The monoisotopic (exact) mass is 919 g/mol. The number of pyridine rings is 1. The molecule has 2 aromatic heterocycles. The second kappa shape index (κ2) is 20.5. The lowest BCUT2D eigenvalue weighted by Crippen LogP contribution is -2.48. The first-order valence-electron chi connectivity index (χ1n) is 21.5. The summed E-state index contributed by atoms with van der Waals surface area (Å²) in [5.41, 5.74) is 1.87. The van der Waals surface area contributed by atoms with E-state index in [0.29, 0.717) is 73.5 Å². The summed E-state index contributed by atoms with van der Waals surface area (Å²) >= 11 is 5.90. The van der Waals surface area contributed by atoms with Gasteiger partial charge in [-0.15, -0.1) is 0 Å². The number of halogens is 1. The SMILES string of the molecule is CC(C)(C)OC(=O)NCC1CCC(C(=O)N[C@@H](Cc2cccc(-c3cncc(S(=O)(=O)NC4CCN(C(=O)OC(C)(C)C)CC4)c3)c2)C(=O)Nc2ccc(-c3n[nH]c(Cl)n3)cc2)CC1. The van der Waals surface area contributed by atoms with Crippen molar-refractivity contribution < 1.29 is 37.1 Å². The van der Waals surface area contributed by atoms with E-state index in [1.807, 2.05) is 18.2 Å². The van der Waals surface area contributed by atoms with Crippen molar-refractivity contribution in [3.05, 3.63) is 77.8 Å². The molecular formula is C45H58ClN9O8S. The Labute approximate surface area is 379 Å². The molecule has 1 saturated heterocycles. The van der Waals surface area contributed by atoms with E-state index < -0.39 is 45.4 Å². The molecule has 5 N–H and O–H groups in total. The number of ether oxygens (including phenoxy) is 2. The van der Waals surface area contributed by atoms with Crippen molar-refractivity contribution in [1.82, 2.24) is 40.4 Å². The number of aromatic nitrogens is 4. The number of hydrogen-bond donors (Lipinski definition) is 5. The minimum atomic E-state index is -3.97. The first-order valence-corrected chi connectivity index (χ1v) is 23.4. The Balaban J connectivity index is 1.13. The highest BCUT2D eigenvalue weighted by Gasteiger charge is 2.32. The smallest absolute Gasteiger partial charge is 0.410 e. The summed E-state index contributed by atoms with van der Waals surface area (Å²) in [6.45, 7) is 12.0. The first kappa shape index (κ1) is 47.9. The average Bonchev–Trinajstić information content (AvgIpc) is 3.68. The van der Waals surface area contributed by atoms with Crippen LogP contribution in [0.3, 0.4) is 0 Å². The zero-order valence-corrected chi connectivity index (χ0v) is 38.6. The Bertz CT molecular complexity index is 2380. The molecule has 2 aliphatic rings. The molecule has 0 spiro atoms. The molecule has 4 amide bonds. The van der Waals surface area contributed by atoms with E-state index in [9.17, 15) is 27.6 Å². The number of piperidine rings is 1. The van der Waals surface area contributed by atoms with E-state index in [4.69, 9.17) is 21.1 Å². The lowest BCUT2D eigenvalue weighted by molar-refractivity contribution is -0.130. The number of rotatable bonds is 13. The molecule has 1 aliphatic carbocycles. The van der Waals surface area contributed by atoms with Crippen LogP contribution in [0.2, 0.25) is 5.28 Å². The third-order valence-electron chi connectivity index (χ3n) is 10.8. The van der Waals surface area contributed by atoms with Crippen LogP contribution in [0, 0.1) is 11.8 Å². The Hall–Kier alpha value is -5.59. The van der Waals surface area contributed by atoms with Crippen molar-refractivity contribution in [2.45, 2.75) is 115 Å². The van der Waals surface area contributed by atoms with Crippen molar-refractivity contribution in [2.75, 3.05) is 25.0 Å². The van der Waals surface area contributed by atoms with Gasteiger partial charge in [0.1, 0.15) is 22.1 Å². The van der Waals surface area contributed by atoms with Crippen LogP contribution in [0.5, 0.6) is 0 Å². The van der Waals surface area contributed by atoms with Crippen molar-refractivity contribution in [3.63, 3.8) is 0 Å². The van der Waals surface area contributed by atoms with Gasteiger partial charge < -0.3 is 30.3 Å². The molecule has 1 aliphatic heterocycles. The summed E-state index contributed by atoms with van der Waals surface area (Å²) in [5.74, 6) is -0.404. The predicted octanol–water partition coefficient (Wildman–Crippen LogP) is 6.86. The number of likely N-dealkylation sites (tertiary alicyclic amines) is 1. The van der Waals surface area contributed by atoms with Crippen LogP contribution in [-0.2, 0) is 35.5 Å². The zero-order chi connectivity index (χ0) is 46.2. The second-order valence-corrected chi connectivity index (χ2v) is 20.4. The highest BCUT2D eigenvalue weighted by molar-refractivity contribution is 7.89. The fourth-order valence-electron chi connectivity index (χ4n) is 7.60. The lowest BCUT2D eigenvalue weighted by atomic mass is 9.81. The number of hydrogen-bond acceptors (Lipinski definition) is 11. The number of H-pyrrole nitrogens is 1. The standard InChI is InChI=1S/C45H58ClN9O8S/c1-44(2,3)62-42(58)48-25-28-10-12-31(13-11-28)39(56)50-37(40(57)49-34-16-14-30(15-17-34)38-51-41(46)53-52-38)23-29-8-7-9-32(22-29)33-24-36(27-47-26-33)64(60,61)54-35-18-20-55(21-19-35)43(59)63-45(4,5)6/h7-9,14-17,22,24,26-28,31,35,37,54H,10-13,18-21,23,25H2,1-6H3,(H,48,58)(H,49,57)(H,50,56)(H,51,52,53)/t28?,31?,37-/m0/s1. The number of nitrogens with one attached hydrogen (secondary N) is 5. The molecule has 2 fully saturated rings. The molecule has 0 radical (unpaired) electrons. The fourth-order valence-corrected chi connectivity index (χ4v) is 9.02. The van der Waals surface area contributed by atoms with E-state index in [2.05, 4.69) is 40.8 Å². The van der Waals surface area contributed by atoms with Crippen molar-refractivity contribution in [2.24, 2.45) is 11.8 Å². The van der Waals surface area contributed by atoms with Crippen LogP contribution in [-0.4, -0.2) is 100 Å². The van der Waals surface area contributed by atoms with E-state index in [-0.39, 0.29) is 40.4 Å². The molecule has 19 heteroatoms. The summed E-state index contributed by atoms with van der Waals surface area (Å²) in [5, 5.41) is 15.6. The third-order valence-corrected chi connectivity index (χ3v) is 12.5. The number of benzene rings is 2. The Morgan fingerprint density at radius 1 is 0.859 bits per heavy atom. The van der Waals surface area contributed by atoms with Gasteiger partial charge in [-0.1, -0.05) is 24.3 Å². The topological polar surface area (TPSA) is 227 Å². The molecule has 4 aromatic rings. The Kier molecular flexibility index (Phi) is 15.3. The number of nitrogens with zero attached hydrogens (tertiary/aromatic N) is 4. The third kappa shape index (κ3) is 14.0. The minimum absolute atomic E-state index is 0.0120. The minimum Gasteiger partial charge on any atom is -0.444 e. The summed E-state index contributed by atoms with van der Waals surface area (Å²) in [6, 6.07) is 14.4. The van der Waals surface area contributed by atoms with Crippen molar-refractivity contribution in [1.29, 1.82) is 0 Å². The maximum Gasteiger partial charge on any atom is 0.410 e. The molecule has 3 heterocycles. The molecule has 1 saturated carbocycles. The van der Waals surface area contributed by atoms with Crippen LogP contribution < -0.4 is 20.7 Å². The normalized spacial score (nSPS) is 17.8. The van der Waals surface area contributed by atoms with Gasteiger partial charge in [-0.25, -0.2) is 27.8 Å². The molecule has 6 rings (SSSR count). The van der Waals surface area contributed by atoms with Gasteiger partial charge in [-0.05, 0) is 139 Å². The van der Waals surface area contributed by atoms with Crippen LogP contribution >= 0.6 is 11.6 Å². The quantitative estimate of drug-likeness (QED) is 0.0931. The maximum atomic E-state index is 14.0. The Morgan fingerprint density at radius 3 is 2.19 bits per heavy atom. The van der Waals surface area contributed by atoms with Crippen LogP contribution in [0.15, 0.2) is 71.9 Å².